The van der Waals surface area contributed by atoms with Gasteiger partial charge in [0.15, 0.2) is 11.5 Å². The van der Waals surface area contributed by atoms with Crippen LogP contribution in [0.1, 0.15) is 73.1 Å². The lowest BCUT2D eigenvalue weighted by Crippen LogP contribution is -2.64. The number of aliphatic hydroxyl groups excluding tert-OH is 1. The summed E-state index contributed by atoms with van der Waals surface area (Å²) in [4.78, 5) is 59.5. The van der Waals surface area contributed by atoms with Gasteiger partial charge in [-0.3, -0.25) is 19.8 Å². The van der Waals surface area contributed by atoms with E-state index in [1.54, 1.807) is 75.2 Å². The Balaban J connectivity index is 1.45. The number of benzene rings is 6. The summed E-state index contributed by atoms with van der Waals surface area (Å²) in [6.07, 6.45) is -1.12. The van der Waals surface area contributed by atoms with Crippen molar-refractivity contribution in [2.24, 2.45) is 0 Å². The van der Waals surface area contributed by atoms with E-state index in [1.165, 1.54) is 18.2 Å². The molecule has 14 nitrogen and oxygen atoms in total. The first-order valence-corrected chi connectivity index (χ1v) is 24.3. The van der Waals surface area contributed by atoms with E-state index in [9.17, 15) is 24.8 Å². The van der Waals surface area contributed by atoms with Crippen LogP contribution >= 0.6 is 0 Å². The molecule has 0 saturated carbocycles. The van der Waals surface area contributed by atoms with E-state index in [0.717, 1.165) is 16.7 Å². The number of hydrogen-bond acceptors (Lipinski definition) is 12. The molecule has 0 saturated heterocycles. The van der Waals surface area contributed by atoms with Gasteiger partial charge in [0.05, 0.1) is 54.4 Å². The zero-order valence-electron chi connectivity index (χ0n) is 42.0. The average Bonchev–Trinajstić information content (AvgIpc) is 3.40. The molecule has 1 aliphatic heterocycles. The Labute approximate surface area is 426 Å². The van der Waals surface area contributed by atoms with Crippen LogP contribution < -0.4 is 14.8 Å². The van der Waals surface area contributed by atoms with Gasteiger partial charge in [-0.05, 0) is 81.1 Å². The lowest BCUT2D eigenvalue weighted by atomic mass is 9.73. The second-order valence-electron chi connectivity index (χ2n) is 18.2. The van der Waals surface area contributed by atoms with Crippen molar-refractivity contribution in [3.05, 3.63) is 230 Å². The number of nitro groups is 1. The smallest absolute Gasteiger partial charge is 0.336 e. The van der Waals surface area contributed by atoms with E-state index < -0.39 is 40.0 Å². The van der Waals surface area contributed by atoms with Gasteiger partial charge in [0.2, 0.25) is 0 Å². The van der Waals surface area contributed by atoms with Crippen LogP contribution in [0.3, 0.4) is 0 Å². The molecule has 0 fully saturated rings. The fourth-order valence-electron chi connectivity index (χ4n) is 9.84. The highest BCUT2D eigenvalue weighted by Crippen LogP contribution is 2.47. The van der Waals surface area contributed by atoms with E-state index in [0.29, 0.717) is 22.8 Å². The number of para-hydroxylation sites is 2. The second kappa shape index (κ2) is 23.9. The number of ether oxygens (including phenoxy) is 4. The van der Waals surface area contributed by atoms with Crippen LogP contribution in [0.4, 0.5) is 5.69 Å². The maximum Gasteiger partial charge on any atom is 0.336 e. The van der Waals surface area contributed by atoms with Crippen LogP contribution in [0, 0.1) is 10.1 Å². The number of carbonyl (C=O) groups is 3. The molecule has 0 bridgehead atoms. The number of rotatable bonds is 22. The number of aliphatic hydroxyl groups is 1. The normalized spacial score (nSPS) is 14.2. The molecule has 2 atom stereocenters. The maximum atomic E-state index is 15.4. The molecule has 1 amide bonds. The zero-order valence-corrected chi connectivity index (χ0v) is 42.0. The van der Waals surface area contributed by atoms with Crippen LogP contribution in [0.2, 0.25) is 0 Å². The molecule has 0 radical (unpaired) electrons. The molecule has 6 aromatic rings. The average molecular weight is 987 g/mol. The number of nitrogens with zero attached hydrogens (tertiary/aromatic N) is 3. The summed E-state index contributed by atoms with van der Waals surface area (Å²) in [5, 5.41) is 27.9. The third-order valence-electron chi connectivity index (χ3n) is 12.9. The number of nitrogens with one attached hydrogen (secondary N) is 1. The van der Waals surface area contributed by atoms with Crippen molar-refractivity contribution in [1.29, 1.82) is 0 Å². The van der Waals surface area contributed by atoms with Gasteiger partial charge in [-0.2, -0.15) is 0 Å². The van der Waals surface area contributed by atoms with Gasteiger partial charge < -0.3 is 34.3 Å². The van der Waals surface area contributed by atoms with Gasteiger partial charge in [-0.1, -0.05) is 133 Å². The largest absolute Gasteiger partial charge is 0.493 e. The summed E-state index contributed by atoms with van der Waals surface area (Å²) in [5.41, 5.74) is 1.38. The molecule has 0 aliphatic carbocycles. The van der Waals surface area contributed by atoms with Crippen LogP contribution in [-0.2, 0) is 24.6 Å². The molecule has 7 rings (SSSR count). The topological polar surface area (TPSA) is 170 Å². The molecule has 378 valence electrons. The number of amides is 1. The van der Waals surface area contributed by atoms with Crippen molar-refractivity contribution >= 4 is 23.5 Å². The second-order valence-corrected chi connectivity index (χ2v) is 18.2. The van der Waals surface area contributed by atoms with Crippen LogP contribution in [0.15, 0.2) is 192 Å². The van der Waals surface area contributed by atoms with Crippen molar-refractivity contribution in [2.45, 2.75) is 57.7 Å². The van der Waals surface area contributed by atoms with E-state index in [2.05, 4.69) is 46.6 Å². The van der Waals surface area contributed by atoms with Gasteiger partial charge in [0.1, 0.15) is 12.7 Å². The highest BCUT2D eigenvalue weighted by atomic mass is 16.6. The van der Waals surface area contributed by atoms with Crippen LogP contribution in [0.25, 0.3) is 0 Å². The van der Waals surface area contributed by atoms with Gasteiger partial charge in [-0.25, -0.2) is 9.59 Å². The molecular weight excluding hydrogens is 925 g/mol. The van der Waals surface area contributed by atoms with Gasteiger partial charge in [0, 0.05) is 47.7 Å². The first kappa shape index (κ1) is 52.7. The predicted molar refractivity (Wildman–Crippen MR) is 279 cm³/mol. The summed E-state index contributed by atoms with van der Waals surface area (Å²) in [7, 11) is 1.55. The Morgan fingerprint density at radius 2 is 1.22 bits per heavy atom. The van der Waals surface area contributed by atoms with Crippen LogP contribution in [0.5, 0.6) is 11.5 Å². The Morgan fingerprint density at radius 3 is 1.74 bits per heavy atom. The molecule has 2 N–H and O–H groups in total. The molecule has 6 aromatic carbocycles. The Bertz CT molecular complexity index is 2830. The lowest BCUT2D eigenvalue weighted by Gasteiger charge is -2.54. The molecule has 73 heavy (non-hydrogen) atoms. The minimum Gasteiger partial charge on any atom is -0.493 e. The van der Waals surface area contributed by atoms with E-state index >= 15 is 4.79 Å². The fourth-order valence-corrected chi connectivity index (χ4v) is 9.84. The highest BCUT2D eigenvalue weighted by molar-refractivity contribution is 6.00. The van der Waals surface area contributed by atoms with Crippen molar-refractivity contribution in [3.63, 3.8) is 0 Å². The van der Waals surface area contributed by atoms with E-state index in [4.69, 9.17) is 18.9 Å². The molecule has 0 aromatic heterocycles. The third-order valence-corrected chi connectivity index (χ3v) is 12.9. The molecule has 1 heterocycles. The molecule has 2 unspecified atom stereocenters. The standard InChI is InChI=1S/C59H62N4O10/c1-7-71-56(66)52-41(3)60-49(54(57(67)72-8-2)53(52)43-26-23-33-47(36-43)63(68)69)38-61(55(65)42-24-13-9-14-25-42)40-58(4,5)62(37-48(64)39-73-51-35-22-21-34-50(51)70-6)59(44-27-15-10-16-28-44,45-29-17-11-18-30-45)46-31-19-12-20-32-46/h9-36,48,53,60,64H,7-8,37-40H2,1-6H3. The zero-order chi connectivity index (χ0) is 52.1. The first-order valence-electron chi connectivity index (χ1n) is 24.3. The minimum absolute atomic E-state index is 0.00281. The SMILES string of the molecule is CCOC(=O)C1=C(C)NC(CN(CC(C)(C)N(CC(O)COc2ccccc2OC)C(c2ccccc2)(c2ccccc2)c2ccccc2)C(=O)c2ccccc2)=C(C(=O)OCC)C1c1cccc([N+](=O)[O-])c1. The van der Waals surface area contributed by atoms with Crippen molar-refractivity contribution < 1.29 is 43.4 Å². The van der Waals surface area contributed by atoms with Crippen molar-refractivity contribution in [2.75, 3.05) is 46.6 Å². The summed E-state index contributed by atoms with van der Waals surface area (Å²) < 4.78 is 23.1. The summed E-state index contributed by atoms with van der Waals surface area (Å²) in [6, 6.07) is 51.8. The summed E-state index contributed by atoms with van der Waals surface area (Å²) >= 11 is 0. The van der Waals surface area contributed by atoms with Crippen molar-refractivity contribution in [1.82, 2.24) is 15.1 Å². The number of non-ortho nitro benzene ring substituents is 1. The quantitative estimate of drug-likeness (QED) is 0.0286. The Hall–Kier alpha value is -8.07. The van der Waals surface area contributed by atoms with Gasteiger partial charge >= 0.3 is 11.9 Å². The van der Waals surface area contributed by atoms with E-state index in [-0.39, 0.29) is 73.5 Å². The van der Waals surface area contributed by atoms with Crippen molar-refractivity contribution in [3.8, 4) is 11.5 Å². The number of dihydropyridines is 1. The van der Waals surface area contributed by atoms with Gasteiger partial charge in [0.25, 0.3) is 11.6 Å². The number of esters is 2. The Kier molecular flexibility index (Phi) is 17.3. The molecule has 0 spiro atoms. The van der Waals surface area contributed by atoms with E-state index in [1.807, 2.05) is 86.6 Å². The lowest BCUT2D eigenvalue weighted by molar-refractivity contribution is -0.384. The summed E-state index contributed by atoms with van der Waals surface area (Å²) in [6.45, 7) is 8.62. The number of carbonyl (C=O) groups excluding carboxylic acids is 3. The molecule has 1 aliphatic rings. The Morgan fingerprint density at radius 1 is 0.712 bits per heavy atom. The summed E-state index contributed by atoms with van der Waals surface area (Å²) in [5.74, 6) is -2.15. The number of methoxy groups -OCH3 is 1. The number of hydrogen-bond donors (Lipinski definition) is 2. The van der Waals surface area contributed by atoms with Gasteiger partial charge in [-0.15, -0.1) is 0 Å². The van der Waals surface area contributed by atoms with Crippen LogP contribution in [-0.4, -0.2) is 95.9 Å². The first-order chi connectivity index (χ1) is 35.2. The highest BCUT2D eigenvalue weighted by Gasteiger charge is 2.50. The number of nitro benzene ring substituents is 1. The number of β-amino-alcohol motifs (C(OH)–C–C–N with tert-alkyl or cyclic N) is 1. The number of allylic oxidation sites excluding steroid dienone is 1. The fraction of sp³-hybridized carbons (Fsp3) is 0.271. The third kappa shape index (κ3) is 11.7. The maximum absolute atomic E-state index is 15.4. The predicted octanol–water partition coefficient (Wildman–Crippen LogP) is 9.60. The monoisotopic (exact) mass is 986 g/mol. The molecule has 14 heteroatoms. The minimum atomic E-state index is -1.20. The molecular formula is C59H62N4O10.